The van der Waals surface area contributed by atoms with E-state index >= 15 is 0 Å². The maximum Gasteiger partial charge on any atom is 3.00 e. The summed E-state index contributed by atoms with van der Waals surface area (Å²) in [5.41, 5.74) is 2.11. The van der Waals surface area contributed by atoms with Gasteiger partial charge in [-0.3, -0.25) is 0 Å². The molecule has 2 N–H and O–H groups in total. The third kappa shape index (κ3) is 11.2. The second kappa shape index (κ2) is 15.6. The minimum absolute atomic E-state index is 0. The van der Waals surface area contributed by atoms with Crippen LogP contribution >= 0.6 is 56.6 Å². The Balaban J connectivity index is 0.000000253. The van der Waals surface area contributed by atoms with Crippen molar-refractivity contribution in [2.45, 2.75) is 20.4 Å². The van der Waals surface area contributed by atoms with E-state index in [4.69, 9.17) is 49.7 Å². The first-order valence-electron chi connectivity index (χ1n) is 9.89. The summed E-state index contributed by atoms with van der Waals surface area (Å²) in [6.07, 6.45) is 3.60. The van der Waals surface area contributed by atoms with Crippen LogP contribution in [-0.2, 0) is 47.6 Å². The molecule has 0 amide bonds. The van der Waals surface area contributed by atoms with Crippen LogP contribution in [0.3, 0.4) is 0 Å². The number of nitrogens with one attached hydrogen (secondary N) is 2. The van der Waals surface area contributed by atoms with Gasteiger partial charge in [0.05, 0.1) is 0 Å². The molecule has 0 aliphatic carbocycles. The molecule has 4 heterocycles. The molecule has 17 heteroatoms. The van der Waals surface area contributed by atoms with E-state index < -0.39 is 9.42 Å². The van der Waals surface area contributed by atoms with Crippen LogP contribution in [0.1, 0.15) is 0 Å². The van der Waals surface area contributed by atoms with Crippen molar-refractivity contribution < 1.29 is 22.4 Å². The average molecular weight is 952 g/mol. The van der Waals surface area contributed by atoms with Crippen LogP contribution in [0.15, 0.2) is 81.3 Å². The van der Waals surface area contributed by atoms with Gasteiger partial charge < -0.3 is 0 Å². The number of hydrogen-bond acceptors (Lipinski definition) is 10. The number of nitrogens with zero attached hydrogens (tertiary/aromatic N) is 4. The first-order valence-corrected chi connectivity index (χ1v) is 23.3. The Morgan fingerprint density at radius 3 is 1.43 bits per heavy atom. The van der Waals surface area contributed by atoms with Crippen LogP contribution in [0.2, 0.25) is 0 Å². The maximum atomic E-state index is 5.10. The zero-order valence-electron chi connectivity index (χ0n) is 19.0. The summed E-state index contributed by atoms with van der Waals surface area (Å²) in [7, 11) is 0. The smallest absolute Gasteiger partial charge is 3.00 e. The molecule has 4 aromatic rings. The molecule has 37 heavy (non-hydrogen) atoms. The first-order chi connectivity index (χ1) is 16.9. The van der Waals surface area contributed by atoms with E-state index in [0.29, 0.717) is 19.6 Å². The number of hydrogen-bond donors (Lipinski definition) is 2. The van der Waals surface area contributed by atoms with Gasteiger partial charge in [-0.1, -0.05) is 0 Å². The molecule has 2 atom stereocenters. The normalized spacial score (nSPS) is 13.7. The Kier molecular flexibility index (Phi) is 14.3. The van der Waals surface area contributed by atoms with Gasteiger partial charge in [-0.2, -0.15) is 0 Å². The van der Waals surface area contributed by atoms with Crippen molar-refractivity contribution in [3.63, 3.8) is 0 Å². The molecule has 0 aromatic carbocycles. The average Bonchev–Trinajstić information content (AvgIpc) is 2.79. The molecule has 0 aliphatic rings. The zero-order valence-corrected chi connectivity index (χ0v) is 31.3. The maximum absolute atomic E-state index is 5.10. The fourth-order valence-electron chi connectivity index (χ4n) is 2.56. The molecule has 0 saturated heterocycles. The topological polar surface area (TPSA) is 83.1 Å². The molecule has 2 unspecified atom stereocenters. The summed E-state index contributed by atoms with van der Waals surface area (Å²) in [5.74, 6) is 0. The van der Waals surface area contributed by atoms with Gasteiger partial charge >= 0.3 is 279 Å². The van der Waals surface area contributed by atoms with Crippen molar-refractivity contribution in [2.24, 2.45) is 0 Å². The molecule has 0 radical (unpaired) electrons. The molecule has 0 aliphatic heterocycles. The van der Waals surface area contributed by atoms with Crippen molar-refractivity contribution in [3.8, 4) is 0 Å². The van der Waals surface area contributed by atoms with Crippen molar-refractivity contribution in [1.82, 2.24) is 29.9 Å². The van der Waals surface area contributed by atoms with Crippen molar-refractivity contribution in [2.75, 3.05) is 13.3 Å². The molecule has 4 rings (SSSR count). The van der Waals surface area contributed by atoms with Crippen LogP contribution in [0.25, 0.3) is 0 Å². The number of H-pyrrole nitrogens is 2. The molecule has 196 valence electrons. The Hall–Kier alpha value is 0.679. The predicted molar refractivity (Wildman–Crippen MR) is 167 cm³/mol. The second-order valence-corrected chi connectivity index (χ2v) is 32.0. The van der Waals surface area contributed by atoms with E-state index in [1.54, 1.807) is 35.2 Å². The molecule has 0 bridgehead atoms. The minimum atomic E-state index is -1.54. The fourth-order valence-corrected chi connectivity index (χ4v) is 14.7. The summed E-state index contributed by atoms with van der Waals surface area (Å²) in [5, 5.41) is 2.52. The van der Waals surface area contributed by atoms with Crippen molar-refractivity contribution in [1.29, 1.82) is 0 Å². The van der Waals surface area contributed by atoms with Crippen LogP contribution in [0.5, 0.6) is 0 Å². The summed E-state index contributed by atoms with van der Waals surface area (Å²) in [6.45, 7) is 4.31. The predicted octanol–water partition coefficient (Wildman–Crippen LogP) is 5.00. The number of aromatic nitrogens is 6. The first kappa shape index (κ1) is 33.9. The Morgan fingerprint density at radius 1 is 0.757 bits per heavy atom. The van der Waals surface area contributed by atoms with E-state index in [1.165, 1.54) is 0 Å². The van der Waals surface area contributed by atoms with Crippen LogP contribution in [-0.4, -0.2) is 73.4 Å². The number of aromatic amines is 2. The van der Waals surface area contributed by atoms with Crippen LogP contribution in [0.4, 0.5) is 0 Å². The van der Waals surface area contributed by atoms with E-state index in [2.05, 4.69) is 73.4 Å². The van der Waals surface area contributed by atoms with Gasteiger partial charge in [0.25, 0.3) is 0 Å². The minimum Gasteiger partial charge on any atom is 3.00 e. The van der Waals surface area contributed by atoms with Gasteiger partial charge in [-0.15, -0.1) is 0 Å². The molecule has 4 aromatic heterocycles. The Bertz CT molecular complexity index is 1440. The SMILES string of the molecule is CP(=[Se])(Sc1cc(=S)[nH]c([S-])n1)c1ccccn1.CP(=[Se])(Sc1cc(=S)[nH]c([S-])n1)c1ccccn1.[Au+3]. The molecule has 0 saturated carbocycles. The molecule has 6 nitrogen and oxygen atoms in total. The van der Waals surface area contributed by atoms with Gasteiger partial charge in [0.2, 0.25) is 0 Å². The Labute approximate surface area is 275 Å². The largest absolute Gasteiger partial charge is 3.00 e. The number of rotatable bonds is 6. The third-order valence-corrected chi connectivity index (χ3v) is 18.1. The van der Waals surface area contributed by atoms with Crippen molar-refractivity contribution in [3.05, 3.63) is 70.2 Å². The standard InChI is InChI=1S/2C10H10N3PS3Se.Au/c2*1-14(18,7-4-2-3-5-11-7)17-9-6-8(15)12-10(16)13-9;/h2*2-6H,1H3,(H2,12,13,15,16);/q;;+3/p-2. The van der Waals surface area contributed by atoms with Crippen molar-refractivity contribution >= 4 is 123 Å². The van der Waals surface area contributed by atoms with E-state index in [1.807, 2.05) is 48.5 Å². The van der Waals surface area contributed by atoms with E-state index in [9.17, 15) is 0 Å². The third-order valence-electron chi connectivity index (χ3n) is 4.06. The van der Waals surface area contributed by atoms with Crippen LogP contribution in [0, 0.1) is 9.28 Å². The van der Waals surface area contributed by atoms with Gasteiger partial charge in [0.1, 0.15) is 0 Å². The summed E-state index contributed by atoms with van der Waals surface area (Å²) in [4.78, 5) is 23.0. The van der Waals surface area contributed by atoms with Gasteiger partial charge in [0.15, 0.2) is 0 Å². The quantitative estimate of drug-likeness (QED) is 0.0689. The molecular formula is C20H18AuN6P2S6Se2+. The summed E-state index contributed by atoms with van der Waals surface area (Å²) < 4.78 is -1.87. The van der Waals surface area contributed by atoms with E-state index in [0.717, 1.165) is 20.9 Å². The number of pyridine rings is 2. The van der Waals surface area contributed by atoms with Gasteiger partial charge in [-0.05, 0) is 0 Å². The molecular weight excluding hydrogens is 933 g/mol. The molecule has 0 fully saturated rings. The second-order valence-electron chi connectivity index (χ2n) is 7.03. The summed E-state index contributed by atoms with van der Waals surface area (Å²) >= 11 is 30.1. The van der Waals surface area contributed by atoms with Gasteiger partial charge in [-0.25, -0.2) is 0 Å². The fraction of sp³-hybridized carbons (Fsp3) is 0.100. The van der Waals surface area contributed by atoms with Crippen LogP contribution < -0.4 is 10.9 Å². The zero-order chi connectivity index (χ0) is 26.3. The van der Waals surface area contributed by atoms with Gasteiger partial charge in [0, 0.05) is 0 Å². The molecule has 0 spiro atoms. The summed E-state index contributed by atoms with van der Waals surface area (Å²) in [6, 6.07) is 15.5. The van der Waals surface area contributed by atoms with E-state index in [-0.39, 0.29) is 22.4 Å². The Morgan fingerprint density at radius 2 is 1.14 bits per heavy atom. The monoisotopic (exact) mass is 953 g/mol.